The lowest BCUT2D eigenvalue weighted by Crippen LogP contribution is -2.37. The molecule has 0 aliphatic carbocycles. The highest BCUT2D eigenvalue weighted by molar-refractivity contribution is 6.30. The summed E-state index contributed by atoms with van der Waals surface area (Å²) in [6.07, 6.45) is 3.32. The number of carboxylic acids is 1. The Bertz CT molecular complexity index is 1100. The van der Waals surface area contributed by atoms with Crippen LogP contribution in [-0.4, -0.2) is 28.0 Å². The molecule has 0 fully saturated rings. The van der Waals surface area contributed by atoms with Crippen molar-refractivity contribution >= 4 is 29.2 Å². The summed E-state index contributed by atoms with van der Waals surface area (Å²) in [5.41, 5.74) is 2.97. The minimum Gasteiger partial charge on any atom is -0.489 e. The molecule has 2 atom stereocenters. The van der Waals surface area contributed by atoms with E-state index in [9.17, 15) is 14.7 Å². The molecule has 1 aromatic heterocycles. The average Bonchev–Trinajstić information content (AvgIpc) is 3.03. The highest BCUT2D eigenvalue weighted by Crippen LogP contribution is 2.45. The number of fused-ring (bicyclic) bond motifs is 1. The topological polar surface area (TPSA) is 79.7 Å². The zero-order valence-corrected chi connectivity index (χ0v) is 17.6. The number of carbonyl (C=O) groups is 2. The summed E-state index contributed by atoms with van der Waals surface area (Å²) in [4.78, 5) is 30.4. The van der Waals surface area contributed by atoms with Crippen LogP contribution in [0.1, 0.15) is 40.7 Å². The second kappa shape index (κ2) is 8.78. The number of halogens is 1. The first-order chi connectivity index (χ1) is 14.9. The molecule has 4 rings (SSSR count). The van der Waals surface area contributed by atoms with Crippen molar-refractivity contribution in [3.8, 4) is 5.75 Å². The molecule has 1 amide bonds. The number of carboxylic acid groups (broad SMARTS) is 1. The Balaban J connectivity index is 1.65. The standard InChI is InChI=1S/C24H21ClN2O4/c1-15-20(13-23(28)29)21-12-19(31-14-16-8-10-26-11-9-16)6-7-22(21)27(15)24(30)17-2-4-18(25)5-3-17/h2-12,15,20H,13-14H2,1H3,(H,28,29)/t15-,20-/m1/s1. The van der Waals surface area contributed by atoms with Crippen LogP contribution in [-0.2, 0) is 11.4 Å². The molecule has 1 aliphatic heterocycles. The summed E-state index contributed by atoms with van der Waals surface area (Å²) >= 11 is 5.95. The molecule has 0 spiro atoms. The van der Waals surface area contributed by atoms with E-state index in [1.165, 1.54) is 0 Å². The van der Waals surface area contributed by atoms with Gasteiger partial charge in [0.1, 0.15) is 12.4 Å². The summed E-state index contributed by atoms with van der Waals surface area (Å²) in [5, 5.41) is 10.0. The number of aliphatic carboxylic acids is 1. The first kappa shape index (κ1) is 20.9. The molecule has 0 saturated carbocycles. The van der Waals surface area contributed by atoms with Crippen LogP contribution < -0.4 is 9.64 Å². The Labute approximate surface area is 185 Å². The molecular weight excluding hydrogens is 416 g/mol. The number of aromatic nitrogens is 1. The Hall–Kier alpha value is -3.38. The van der Waals surface area contributed by atoms with E-state index < -0.39 is 5.97 Å². The number of hydrogen-bond donors (Lipinski definition) is 1. The molecule has 2 aromatic carbocycles. The van der Waals surface area contributed by atoms with Crippen LogP contribution in [0.15, 0.2) is 67.0 Å². The number of nitrogens with zero attached hydrogens (tertiary/aromatic N) is 2. The molecule has 0 bridgehead atoms. The molecule has 1 N–H and O–H groups in total. The number of carbonyl (C=O) groups excluding carboxylic acids is 1. The van der Waals surface area contributed by atoms with E-state index in [0.29, 0.717) is 28.6 Å². The summed E-state index contributed by atoms with van der Waals surface area (Å²) < 4.78 is 5.91. The zero-order valence-electron chi connectivity index (χ0n) is 16.9. The molecule has 1 aliphatic rings. The summed E-state index contributed by atoms with van der Waals surface area (Å²) in [6.45, 7) is 2.24. The van der Waals surface area contributed by atoms with Gasteiger partial charge in [0.15, 0.2) is 0 Å². The quantitative estimate of drug-likeness (QED) is 0.593. The lowest BCUT2D eigenvalue weighted by molar-refractivity contribution is -0.137. The number of ether oxygens (including phenoxy) is 1. The third-order valence-corrected chi connectivity index (χ3v) is 5.76. The smallest absolute Gasteiger partial charge is 0.304 e. The van der Waals surface area contributed by atoms with Gasteiger partial charge in [0.05, 0.1) is 6.42 Å². The van der Waals surface area contributed by atoms with Crippen molar-refractivity contribution in [3.05, 3.63) is 88.7 Å². The molecule has 2 heterocycles. The molecule has 7 heteroatoms. The number of hydrogen-bond acceptors (Lipinski definition) is 4. The van der Waals surface area contributed by atoms with Crippen LogP contribution in [0.4, 0.5) is 5.69 Å². The predicted molar refractivity (Wildman–Crippen MR) is 118 cm³/mol. The van der Waals surface area contributed by atoms with E-state index >= 15 is 0 Å². The van der Waals surface area contributed by atoms with Gasteiger partial charge in [0, 0.05) is 40.6 Å². The Morgan fingerprint density at radius 3 is 2.48 bits per heavy atom. The SMILES string of the molecule is C[C@@H]1[C@@H](CC(=O)O)c2cc(OCc3ccncc3)ccc2N1C(=O)c1ccc(Cl)cc1. The maximum Gasteiger partial charge on any atom is 0.304 e. The van der Waals surface area contributed by atoms with Crippen LogP contribution in [0.25, 0.3) is 0 Å². The minimum absolute atomic E-state index is 0.0770. The maximum atomic E-state index is 13.3. The molecule has 31 heavy (non-hydrogen) atoms. The van der Waals surface area contributed by atoms with Gasteiger partial charge in [0.25, 0.3) is 5.91 Å². The largest absolute Gasteiger partial charge is 0.489 e. The molecule has 6 nitrogen and oxygen atoms in total. The summed E-state index contributed by atoms with van der Waals surface area (Å²) in [5.74, 6) is -0.817. The van der Waals surface area contributed by atoms with Gasteiger partial charge in [-0.2, -0.15) is 0 Å². The Morgan fingerprint density at radius 1 is 1.10 bits per heavy atom. The van der Waals surface area contributed by atoms with E-state index in [1.807, 2.05) is 31.2 Å². The van der Waals surface area contributed by atoms with Gasteiger partial charge in [-0.05, 0) is 72.6 Å². The van der Waals surface area contributed by atoms with Crippen molar-refractivity contribution in [2.75, 3.05) is 4.90 Å². The number of amides is 1. The second-order valence-electron chi connectivity index (χ2n) is 7.49. The van der Waals surface area contributed by atoms with E-state index in [-0.39, 0.29) is 24.3 Å². The van der Waals surface area contributed by atoms with Gasteiger partial charge >= 0.3 is 5.97 Å². The lowest BCUT2D eigenvalue weighted by atomic mass is 9.92. The number of anilines is 1. The average molecular weight is 437 g/mol. The first-order valence-electron chi connectivity index (χ1n) is 9.90. The van der Waals surface area contributed by atoms with Crippen LogP contribution in [0.5, 0.6) is 5.75 Å². The van der Waals surface area contributed by atoms with Crippen molar-refractivity contribution in [1.29, 1.82) is 0 Å². The van der Waals surface area contributed by atoms with Gasteiger partial charge in [-0.15, -0.1) is 0 Å². The van der Waals surface area contributed by atoms with Crippen molar-refractivity contribution in [1.82, 2.24) is 4.98 Å². The molecule has 158 valence electrons. The van der Waals surface area contributed by atoms with Crippen molar-refractivity contribution in [2.45, 2.75) is 31.9 Å². The Kier molecular flexibility index (Phi) is 5.91. The highest BCUT2D eigenvalue weighted by atomic mass is 35.5. The molecule has 0 unspecified atom stereocenters. The Morgan fingerprint density at radius 2 is 1.81 bits per heavy atom. The second-order valence-corrected chi connectivity index (χ2v) is 7.93. The number of benzene rings is 2. The van der Waals surface area contributed by atoms with Crippen LogP contribution in [0, 0.1) is 0 Å². The van der Waals surface area contributed by atoms with Crippen molar-refractivity contribution < 1.29 is 19.4 Å². The van der Waals surface area contributed by atoms with Crippen molar-refractivity contribution in [3.63, 3.8) is 0 Å². The zero-order chi connectivity index (χ0) is 22.0. The van der Waals surface area contributed by atoms with E-state index in [4.69, 9.17) is 16.3 Å². The first-order valence-corrected chi connectivity index (χ1v) is 10.3. The molecule has 3 aromatic rings. The fourth-order valence-corrected chi connectivity index (χ4v) is 4.06. The molecule has 0 radical (unpaired) electrons. The molecule has 0 saturated heterocycles. The molecular formula is C24H21ClN2O4. The number of rotatable bonds is 6. The minimum atomic E-state index is -0.910. The normalized spacial score (nSPS) is 17.3. The summed E-state index contributed by atoms with van der Waals surface area (Å²) in [7, 11) is 0. The van der Waals surface area contributed by atoms with Gasteiger partial charge in [-0.3, -0.25) is 14.6 Å². The van der Waals surface area contributed by atoms with Crippen LogP contribution in [0.3, 0.4) is 0 Å². The van der Waals surface area contributed by atoms with Crippen LogP contribution >= 0.6 is 11.6 Å². The van der Waals surface area contributed by atoms with E-state index in [0.717, 1.165) is 11.1 Å². The predicted octanol–water partition coefficient (Wildman–Crippen LogP) is 4.92. The third kappa shape index (κ3) is 4.39. The summed E-state index contributed by atoms with van der Waals surface area (Å²) in [6, 6.07) is 15.6. The third-order valence-electron chi connectivity index (χ3n) is 5.51. The van der Waals surface area contributed by atoms with Gasteiger partial charge in [-0.25, -0.2) is 0 Å². The monoisotopic (exact) mass is 436 g/mol. The maximum absolute atomic E-state index is 13.3. The van der Waals surface area contributed by atoms with Gasteiger partial charge in [-0.1, -0.05) is 11.6 Å². The number of pyridine rings is 1. The van der Waals surface area contributed by atoms with E-state index in [1.54, 1.807) is 47.6 Å². The fraction of sp³-hybridized carbons (Fsp3) is 0.208. The van der Waals surface area contributed by atoms with Crippen LogP contribution in [0.2, 0.25) is 5.02 Å². The van der Waals surface area contributed by atoms with Crippen molar-refractivity contribution in [2.24, 2.45) is 0 Å². The van der Waals surface area contributed by atoms with Gasteiger partial charge in [0.2, 0.25) is 0 Å². The van der Waals surface area contributed by atoms with E-state index in [2.05, 4.69) is 4.98 Å². The van der Waals surface area contributed by atoms with Gasteiger partial charge < -0.3 is 14.7 Å². The fourth-order valence-electron chi connectivity index (χ4n) is 3.94. The highest BCUT2D eigenvalue weighted by Gasteiger charge is 2.40. The lowest BCUT2D eigenvalue weighted by Gasteiger charge is -2.25.